The zero-order valence-electron chi connectivity index (χ0n) is 22.7. The van der Waals surface area contributed by atoms with E-state index in [1.165, 1.54) is 18.2 Å². The summed E-state index contributed by atoms with van der Waals surface area (Å²) in [4.78, 5) is 15.3. The third-order valence-electron chi connectivity index (χ3n) is 8.93. The summed E-state index contributed by atoms with van der Waals surface area (Å²) in [5.74, 6) is 1.46. The van der Waals surface area contributed by atoms with Crippen LogP contribution in [0.5, 0.6) is 5.75 Å². The van der Waals surface area contributed by atoms with Crippen LogP contribution in [-0.4, -0.2) is 27.8 Å². The molecular formula is C33H29F3N2O4. The summed E-state index contributed by atoms with van der Waals surface area (Å²) in [7, 11) is 0. The van der Waals surface area contributed by atoms with E-state index in [1.54, 1.807) is 18.2 Å². The fourth-order valence-electron chi connectivity index (χ4n) is 6.81. The molecule has 0 amide bonds. The van der Waals surface area contributed by atoms with Gasteiger partial charge < -0.3 is 14.4 Å². The Balaban J connectivity index is 0.967. The highest BCUT2D eigenvalue weighted by atomic mass is 19.4. The molecule has 3 fully saturated rings. The molecule has 2 aromatic heterocycles. The Morgan fingerprint density at radius 1 is 1.07 bits per heavy atom. The van der Waals surface area contributed by atoms with Gasteiger partial charge in [-0.3, -0.25) is 0 Å². The van der Waals surface area contributed by atoms with Crippen LogP contribution in [0.3, 0.4) is 0 Å². The van der Waals surface area contributed by atoms with E-state index in [0.717, 1.165) is 55.7 Å². The smallest absolute Gasteiger partial charge is 0.417 e. The van der Waals surface area contributed by atoms with Crippen LogP contribution in [0.2, 0.25) is 0 Å². The van der Waals surface area contributed by atoms with Crippen LogP contribution in [-0.2, 0) is 6.18 Å². The summed E-state index contributed by atoms with van der Waals surface area (Å²) >= 11 is 0. The third kappa shape index (κ3) is 5.05. The molecule has 0 radical (unpaired) electrons. The van der Waals surface area contributed by atoms with Crippen LogP contribution in [0.15, 0.2) is 65.2 Å². The number of hydrogen-bond donors (Lipinski definition) is 1. The number of ether oxygens (including phenoxy) is 1. The van der Waals surface area contributed by atoms with Crippen molar-refractivity contribution in [3.05, 3.63) is 83.3 Å². The molecule has 2 aromatic carbocycles. The number of carbonyl (C=O) groups is 1. The number of carboxylic acid groups (broad SMARTS) is 1. The number of fused-ring (bicyclic) bond motifs is 1. The normalized spacial score (nSPS) is 23.7. The first-order valence-electron chi connectivity index (χ1n) is 14.3. The van der Waals surface area contributed by atoms with Gasteiger partial charge in [0, 0.05) is 22.4 Å². The minimum absolute atomic E-state index is 0.0154. The van der Waals surface area contributed by atoms with Gasteiger partial charge in [-0.25, -0.2) is 9.78 Å². The number of aromatic carboxylic acids is 1. The van der Waals surface area contributed by atoms with Gasteiger partial charge in [-0.2, -0.15) is 13.2 Å². The number of benzene rings is 2. The van der Waals surface area contributed by atoms with Crippen LogP contribution in [0.25, 0.3) is 28.2 Å². The fourth-order valence-corrected chi connectivity index (χ4v) is 6.81. The summed E-state index contributed by atoms with van der Waals surface area (Å²) in [6.45, 7) is 0.627. The number of alkyl halides is 3. The summed E-state index contributed by atoms with van der Waals surface area (Å²) in [5, 5.41) is 14.1. The van der Waals surface area contributed by atoms with Crippen molar-refractivity contribution in [2.24, 2.45) is 17.3 Å². The Hall–Kier alpha value is -4.14. The van der Waals surface area contributed by atoms with Gasteiger partial charge in [-0.1, -0.05) is 41.6 Å². The second-order valence-corrected chi connectivity index (χ2v) is 12.1. The lowest BCUT2D eigenvalue weighted by Crippen LogP contribution is -2.48. The molecule has 2 heterocycles. The SMILES string of the molecule is O=C(O)c1ccc2cc(OCC3CC4(CC(/C=C/c5c(-c6ccccc6C(F)(F)F)noc5C5CC5)C4)C3)ccc2n1. The van der Waals surface area contributed by atoms with E-state index in [9.17, 15) is 18.0 Å². The first-order valence-corrected chi connectivity index (χ1v) is 14.3. The van der Waals surface area contributed by atoms with Crippen LogP contribution < -0.4 is 4.74 Å². The van der Waals surface area contributed by atoms with E-state index in [-0.39, 0.29) is 22.9 Å². The second-order valence-electron chi connectivity index (χ2n) is 12.1. The highest BCUT2D eigenvalue weighted by molar-refractivity contribution is 5.90. The average Bonchev–Trinajstić information content (AvgIpc) is 3.69. The van der Waals surface area contributed by atoms with Gasteiger partial charge in [-0.05, 0) is 86.1 Å². The van der Waals surface area contributed by atoms with Crippen LogP contribution in [0.4, 0.5) is 13.2 Å². The molecule has 0 atom stereocenters. The molecule has 6 nitrogen and oxygen atoms in total. The van der Waals surface area contributed by atoms with Crippen LogP contribution in [0, 0.1) is 17.3 Å². The maximum absolute atomic E-state index is 13.7. The minimum Gasteiger partial charge on any atom is -0.493 e. The molecule has 3 aliphatic rings. The Labute approximate surface area is 240 Å². The predicted octanol–water partition coefficient (Wildman–Crippen LogP) is 8.38. The van der Waals surface area contributed by atoms with Crippen molar-refractivity contribution < 1.29 is 32.3 Å². The Kier molecular flexibility index (Phi) is 6.36. The fraction of sp³-hybridized carbons (Fsp3) is 0.364. The van der Waals surface area contributed by atoms with Gasteiger partial charge in [0.25, 0.3) is 0 Å². The van der Waals surface area contributed by atoms with Gasteiger partial charge in [0.05, 0.1) is 17.7 Å². The Morgan fingerprint density at radius 3 is 2.60 bits per heavy atom. The zero-order valence-corrected chi connectivity index (χ0v) is 22.7. The molecule has 0 saturated heterocycles. The molecule has 0 aliphatic heterocycles. The second kappa shape index (κ2) is 10.00. The molecular weight excluding hydrogens is 545 g/mol. The lowest BCUT2D eigenvalue weighted by atomic mass is 9.48. The molecule has 1 N–H and O–H groups in total. The Bertz CT molecular complexity index is 1690. The highest BCUT2D eigenvalue weighted by Crippen LogP contribution is 2.61. The first kappa shape index (κ1) is 26.7. The molecule has 9 heteroatoms. The monoisotopic (exact) mass is 574 g/mol. The van der Waals surface area contributed by atoms with E-state index >= 15 is 0 Å². The average molecular weight is 575 g/mol. The van der Waals surface area contributed by atoms with Gasteiger partial charge in [0.1, 0.15) is 22.9 Å². The van der Waals surface area contributed by atoms with Crippen molar-refractivity contribution in [3.63, 3.8) is 0 Å². The van der Waals surface area contributed by atoms with Crippen molar-refractivity contribution in [2.75, 3.05) is 6.61 Å². The zero-order chi connectivity index (χ0) is 29.1. The summed E-state index contributed by atoms with van der Waals surface area (Å²) in [6, 6.07) is 14.3. The summed E-state index contributed by atoms with van der Waals surface area (Å²) in [6.07, 6.45) is 5.85. The maximum Gasteiger partial charge on any atom is 0.417 e. The number of rotatable bonds is 8. The number of hydrogen-bond acceptors (Lipinski definition) is 5. The molecule has 3 saturated carbocycles. The summed E-state index contributed by atoms with van der Waals surface area (Å²) < 4.78 is 52.8. The van der Waals surface area contributed by atoms with Crippen molar-refractivity contribution >= 4 is 22.9 Å². The number of halogens is 3. The van der Waals surface area contributed by atoms with E-state index in [4.69, 9.17) is 14.4 Å². The van der Waals surface area contributed by atoms with E-state index in [0.29, 0.717) is 40.7 Å². The van der Waals surface area contributed by atoms with Crippen molar-refractivity contribution in [1.82, 2.24) is 10.1 Å². The van der Waals surface area contributed by atoms with Crippen LogP contribution >= 0.6 is 0 Å². The minimum atomic E-state index is -4.47. The lowest BCUT2D eigenvalue weighted by Gasteiger charge is -2.57. The van der Waals surface area contributed by atoms with Gasteiger partial charge in [0.2, 0.25) is 0 Å². The van der Waals surface area contributed by atoms with Crippen molar-refractivity contribution in [1.29, 1.82) is 0 Å². The van der Waals surface area contributed by atoms with E-state index < -0.39 is 17.7 Å². The number of nitrogens with zero attached hydrogens (tertiary/aromatic N) is 2. The third-order valence-corrected chi connectivity index (χ3v) is 8.93. The standard InChI is InChI=1S/C33H29F3N2O4/c34-33(35,36)26-4-2-1-3-24(26)29-25(30(42-38-29)21-6-7-21)10-5-19-14-32(15-19)16-20(17-32)18-41-23-9-12-27-22(13-23)8-11-28(37-27)31(39)40/h1-5,8-13,19-21H,6-7,14-18H2,(H,39,40)/b10-5+. The number of allylic oxidation sites excluding steroid dienone is 1. The van der Waals surface area contributed by atoms with Crippen molar-refractivity contribution in [2.45, 2.75) is 50.6 Å². The maximum atomic E-state index is 13.7. The summed E-state index contributed by atoms with van der Waals surface area (Å²) in [5.41, 5.74) is 1.26. The highest BCUT2D eigenvalue weighted by Gasteiger charge is 2.52. The topological polar surface area (TPSA) is 85.5 Å². The van der Waals surface area contributed by atoms with Gasteiger partial charge in [-0.15, -0.1) is 0 Å². The molecule has 0 unspecified atom stereocenters. The Morgan fingerprint density at radius 2 is 1.86 bits per heavy atom. The van der Waals surface area contributed by atoms with Gasteiger partial charge in [0.15, 0.2) is 0 Å². The van der Waals surface area contributed by atoms with Gasteiger partial charge >= 0.3 is 12.1 Å². The van der Waals surface area contributed by atoms with E-state index in [2.05, 4.69) is 16.2 Å². The van der Waals surface area contributed by atoms with Crippen molar-refractivity contribution in [3.8, 4) is 17.0 Å². The van der Waals surface area contributed by atoms with E-state index in [1.807, 2.05) is 18.2 Å². The number of carboxylic acids is 1. The molecule has 42 heavy (non-hydrogen) atoms. The lowest BCUT2D eigenvalue weighted by molar-refractivity contribution is -0.137. The quantitative estimate of drug-likeness (QED) is 0.228. The van der Waals surface area contributed by atoms with Crippen LogP contribution in [0.1, 0.15) is 71.8 Å². The number of aromatic nitrogens is 2. The largest absolute Gasteiger partial charge is 0.493 e. The molecule has 7 rings (SSSR count). The molecule has 4 aromatic rings. The molecule has 216 valence electrons. The molecule has 1 spiro atoms. The predicted molar refractivity (Wildman–Crippen MR) is 150 cm³/mol. The molecule has 3 aliphatic carbocycles. The first-order chi connectivity index (χ1) is 20.2. The number of pyridine rings is 1. The molecule has 0 bridgehead atoms.